The molecule has 0 unspecified atom stereocenters. The summed E-state index contributed by atoms with van der Waals surface area (Å²) in [6, 6.07) is 0. The molecule has 6 N–H and O–H groups in total. The van der Waals surface area contributed by atoms with Crippen molar-refractivity contribution >= 4 is 12.2 Å². The predicted molar refractivity (Wildman–Crippen MR) is 95.3 cm³/mol. The van der Waals surface area contributed by atoms with E-state index < -0.39 is 23.3 Å². The summed E-state index contributed by atoms with van der Waals surface area (Å²) < 4.78 is 15.6. The lowest BCUT2D eigenvalue weighted by Gasteiger charge is -2.30. The summed E-state index contributed by atoms with van der Waals surface area (Å²) in [6.07, 6.45) is 0.259. The first-order valence-corrected chi connectivity index (χ1v) is 8.51. The average molecular weight is 362 g/mol. The van der Waals surface area contributed by atoms with Crippen molar-refractivity contribution in [2.24, 2.45) is 11.5 Å². The molecule has 148 valence electrons. The van der Waals surface area contributed by atoms with Crippen LogP contribution in [0.5, 0.6) is 0 Å². The van der Waals surface area contributed by atoms with Crippen LogP contribution < -0.4 is 22.1 Å². The van der Waals surface area contributed by atoms with Crippen molar-refractivity contribution in [3.63, 3.8) is 0 Å². The summed E-state index contributed by atoms with van der Waals surface area (Å²) in [5, 5.41) is 5.42. The van der Waals surface area contributed by atoms with Gasteiger partial charge in [-0.05, 0) is 40.5 Å². The molecular formula is C16H34N4O5. The van der Waals surface area contributed by atoms with Gasteiger partial charge in [-0.3, -0.25) is 0 Å². The molecule has 0 fully saturated rings. The second kappa shape index (κ2) is 11.9. The van der Waals surface area contributed by atoms with Crippen LogP contribution in [-0.4, -0.2) is 62.8 Å². The van der Waals surface area contributed by atoms with Crippen LogP contribution >= 0.6 is 0 Å². The molecule has 0 atom stereocenters. The summed E-state index contributed by atoms with van der Waals surface area (Å²) in [5.74, 6) is 0. The van der Waals surface area contributed by atoms with Crippen molar-refractivity contribution in [2.75, 3.05) is 39.5 Å². The first-order valence-electron chi connectivity index (χ1n) is 8.51. The smallest absolute Gasteiger partial charge is 0.407 e. The van der Waals surface area contributed by atoms with Crippen LogP contribution in [0.15, 0.2) is 0 Å². The predicted octanol–water partition coefficient (Wildman–Crippen LogP) is 0.710. The SMILES string of the molecule is CC(C)(CCOC(C)(C)CCNC(=O)OCCN)NC(=O)OCCN. The Morgan fingerprint density at radius 2 is 1.44 bits per heavy atom. The number of rotatable bonds is 12. The number of nitrogens with one attached hydrogen (secondary N) is 2. The van der Waals surface area contributed by atoms with Gasteiger partial charge >= 0.3 is 12.2 Å². The van der Waals surface area contributed by atoms with Crippen molar-refractivity contribution < 1.29 is 23.8 Å². The van der Waals surface area contributed by atoms with E-state index in [1.165, 1.54) is 0 Å². The summed E-state index contributed by atoms with van der Waals surface area (Å²) in [6.45, 7) is 9.52. The Labute approximate surface area is 150 Å². The van der Waals surface area contributed by atoms with Crippen molar-refractivity contribution in [3.05, 3.63) is 0 Å². The minimum absolute atomic E-state index is 0.187. The average Bonchev–Trinajstić information content (AvgIpc) is 2.49. The van der Waals surface area contributed by atoms with E-state index in [0.29, 0.717) is 39.1 Å². The van der Waals surface area contributed by atoms with Gasteiger partial charge in [0.1, 0.15) is 13.2 Å². The topological polar surface area (TPSA) is 138 Å². The van der Waals surface area contributed by atoms with E-state index in [0.717, 1.165) is 0 Å². The Kier molecular flexibility index (Phi) is 11.1. The highest BCUT2D eigenvalue weighted by molar-refractivity contribution is 5.68. The Bertz CT molecular complexity index is 402. The highest BCUT2D eigenvalue weighted by Gasteiger charge is 2.24. The highest BCUT2D eigenvalue weighted by atomic mass is 16.6. The van der Waals surface area contributed by atoms with Gasteiger partial charge < -0.3 is 36.3 Å². The normalized spacial score (nSPS) is 11.8. The first kappa shape index (κ1) is 23.4. The zero-order valence-electron chi connectivity index (χ0n) is 15.9. The maximum Gasteiger partial charge on any atom is 0.407 e. The summed E-state index contributed by atoms with van der Waals surface area (Å²) in [4.78, 5) is 22.9. The van der Waals surface area contributed by atoms with Gasteiger partial charge in [0.25, 0.3) is 0 Å². The summed E-state index contributed by atoms with van der Waals surface area (Å²) >= 11 is 0. The van der Waals surface area contributed by atoms with Crippen LogP contribution in [0.3, 0.4) is 0 Å². The first-order chi connectivity index (χ1) is 11.6. The molecule has 0 saturated carbocycles. The van der Waals surface area contributed by atoms with E-state index in [1.54, 1.807) is 0 Å². The Hall–Kier alpha value is -1.58. The van der Waals surface area contributed by atoms with Crippen LogP contribution in [0.25, 0.3) is 0 Å². The number of amides is 2. The van der Waals surface area contributed by atoms with Crippen LogP contribution in [0.1, 0.15) is 40.5 Å². The van der Waals surface area contributed by atoms with Gasteiger partial charge in [-0.1, -0.05) is 0 Å². The molecule has 9 nitrogen and oxygen atoms in total. The summed E-state index contributed by atoms with van der Waals surface area (Å²) in [5.41, 5.74) is 9.65. The van der Waals surface area contributed by atoms with E-state index in [-0.39, 0.29) is 13.2 Å². The molecule has 0 aromatic carbocycles. The van der Waals surface area contributed by atoms with Gasteiger partial charge in [-0.15, -0.1) is 0 Å². The molecule has 0 heterocycles. The summed E-state index contributed by atoms with van der Waals surface area (Å²) in [7, 11) is 0. The number of hydrogen-bond donors (Lipinski definition) is 4. The molecule has 0 aromatic heterocycles. The number of carbonyl (C=O) groups is 2. The number of nitrogens with two attached hydrogens (primary N) is 2. The third-order valence-corrected chi connectivity index (χ3v) is 3.36. The van der Waals surface area contributed by atoms with Gasteiger partial charge in [-0.2, -0.15) is 0 Å². The maximum absolute atomic E-state index is 11.6. The largest absolute Gasteiger partial charge is 0.448 e. The fourth-order valence-electron chi connectivity index (χ4n) is 1.85. The van der Waals surface area contributed by atoms with E-state index in [1.807, 2.05) is 27.7 Å². The molecule has 0 aliphatic rings. The minimum atomic E-state index is -0.491. The molecule has 0 aromatic rings. The molecule has 0 rings (SSSR count). The molecule has 0 aliphatic heterocycles. The molecular weight excluding hydrogens is 328 g/mol. The highest BCUT2D eigenvalue weighted by Crippen LogP contribution is 2.17. The van der Waals surface area contributed by atoms with Gasteiger partial charge in [0, 0.05) is 31.8 Å². The van der Waals surface area contributed by atoms with Crippen molar-refractivity contribution in [1.29, 1.82) is 0 Å². The molecule has 0 bridgehead atoms. The molecule has 0 saturated heterocycles. The quantitative estimate of drug-likeness (QED) is 0.401. The third kappa shape index (κ3) is 13.4. The molecule has 9 heteroatoms. The van der Waals surface area contributed by atoms with E-state index in [4.69, 9.17) is 25.7 Å². The van der Waals surface area contributed by atoms with Crippen molar-refractivity contribution in [3.8, 4) is 0 Å². The number of hydrogen-bond acceptors (Lipinski definition) is 7. The lowest BCUT2D eigenvalue weighted by molar-refractivity contribution is -0.0300. The maximum atomic E-state index is 11.6. The molecule has 2 amide bonds. The van der Waals surface area contributed by atoms with Gasteiger partial charge in [0.05, 0.1) is 5.60 Å². The molecule has 0 aliphatic carbocycles. The van der Waals surface area contributed by atoms with Crippen molar-refractivity contribution in [2.45, 2.75) is 51.7 Å². The Morgan fingerprint density at radius 3 is 2.00 bits per heavy atom. The Morgan fingerprint density at radius 1 is 0.880 bits per heavy atom. The van der Waals surface area contributed by atoms with Gasteiger partial charge in [0.15, 0.2) is 0 Å². The van der Waals surface area contributed by atoms with Crippen LogP contribution in [0.4, 0.5) is 9.59 Å². The molecule has 0 spiro atoms. The minimum Gasteiger partial charge on any atom is -0.448 e. The number of alkyl carbamates (subject to hydrolysis) is 2. The van der Waals surface area contributed by atoms with E-state index in [2.05, 4.69) is 10.6 Å². The second-order valence-corrected chi connectivity index (χ2v) is 6.89. The van der Waals surface area contributed by atoms with Crippen LogP contribution in [0, 0.1) is 0 Å². The fourth-order valence-corrected chi connectivity index (χ4v) is 1.85. The van der Waals surface area contributed by atoms with Crippen LogP contribution in [-0.2, 0) is 14.2 Å². The number of ether oxygens (including phenoxy) is 3. The second-order valence-electron chi connectivity index (χ2n) is 6.89. The third-order valence-electron chi connectivity index (χ3n) is 3.36. The lowest BCUT2D eigenvalue weighted by atomic mass is 10.0. The van der Waals surface area contributed by atoms with Gasteiger partial charge in [-0.25, -0.2) is 9.59 Å². The van der Waals surface area contributed by atoms with Crippen LogP contribution in [0.2, 0.25) is 0 Å². The zero-order valence-corrected chi connectivity index (χ0v) is 15.9. The van der Waals surface area contributed by atoms with Crippen molar-refractivity contribution in [1.82, 2.24) is 10.6 Å². The zero-order chi connectivity index (χ0) is 19.3. The monoisotopic (exact) mass is 362 g/mol. The van der Waals surface area contributed by atoms with Gasteiger partial charge in [0.2, 0.25) is 0 Å². The standard InChI is InChI=1S/C16H34N4O5/c1-15(2,20-14(22)24-12-8-18)6-10-25-16(3,4)5-9-19-13(21)23-11-7-17/h5-12,17-18H2,1-4H3,(H,19,21)(H,20,22). The molecule has 25 heavy (non-hydrogen) atoms. The Balaban J connectivity index is 4.02. The lowest BCUT2D eigenvalue weighted by Crippen LogP contribution is -2.45. The van der Waals surface area contributed by atoms with E-state index in [9.17, 15) is 9.59 Å². The number of carbonyl (C=O) groups excluding carboxylic acids is 2. The molecule has 0 radical (unpaired) electrons. The fraction of sp³-hybridized carbons (Fsp3) is 0.875. The van der Waals surface area contributed by atoms with E-state index >= 15 is 0 Å².